The molecule has 0 spiro atoms. The van der Waals surface area contributed by atoms with Crippen molar-refractivity contribution in [2.45, 2.75) is 64.0 Å². The van der Waals surface area contributed by atoms with Crippen LogP contribution in [-0.2, 0) is 9.53 Å². The van der Waals surface area contributed by atoms with Crippen LogP contribution in [0.2, 0.25) is 0 Å². The Hall–Kier alpha value is -0.610. The normalized spacial score (nSPS) is 29.3. The number of carbonyl (C=O) groups excluding carboxylic acids is 1. The maximum atomic E-state index is 12.7. The summed E-state index contributed by atoms with van der Waals surface area (Å²) in [6, 6.07) is 0.541. The second-order valence-electron chi connectivity index (χ2n) is 7.18. The number of nitrogens with one attached hydrogen (secondary N) is 1. The van der Waals surface area contributed by atoms with Gasteiger partial charge in [-0.2, -0.15) is 0 Å². The first-order valence-electron chi connectivity index (χ1n) is 8.85. The molecule has 2 saturated carbocycles. The van der Waals surface area contributed by atoms with E-state index in [1.54, 1.807) is 0 Å². The van der Waals surface area contributed by atoms with E-state index in [9.17, 15) is 4.79 Å². The summed E-state index contributed by atoms with van der Waals surface area (Å²) in [5.41, 5.74) is -0.431. The summed E-state index contributed by atoms with van der Waals surface area (Å²) in [5.74, 6) is 1.29. The van der Waals surface area contributed by atoms with E-state index in [0.29, 0.717) is 18.6 Å². The van der Waals surface area contributed by atoms with Gasteiger partial charge in [0.15, 0.2) is 0 Å². The van der Waals surface area contributed by atoms with E-state index in [-0.39, 0.29) is 5.97 Å². The minimum Gasteiger partial charge on any atom is -0.465 e. The predicted molar refractivity (Wildman–Crippen MR) is 83.1 cm³/mol. The third-order valence-electron chi connectivity index (χ3n) is 5.37. The average Bonchev–Trinajstić information content (AvgIpc) is 3.38. The molecule has 21 heavy (non-hydrogen) atoms. The van der Waals surface area contributed by atoms with Crippen LogP contribution < -0.4 is 5.32 Å². The second kappa shape index (κ2) is 6.25. The Bertz CT molecular complexity index is 379. The largest absolute Gasteiger partial charge is 0.465 e. The van der Waals surface area contributed by atoms with Crippen molar-refractivity contribution in [2.24, 2.45) is 11.8 Å². The van der Waals surface area contributed by atoms with Crippen LogP contribution in [0.3, 0.4) is 0 Å². The molecule has 4 nitrogen and oxygen atoms in total. The van der Waals surface area contributed by atoms with E-state index >= 15 is 0 Å². The summed E-state index contributed by atoms with van der Waals surface area (Å²) in [7, 11) is 0. The molecular formula is C17H30N2O2. The Labute approximate surface area is 128 Å². The summed E-state index contributed by atoms with van der Waals surface area (Å²) in [6.07, 6.45) is 7.30. The number of likely N-dealkylation sites (tertiary alicyclic amines) is 1. The van der Waals surface area contributed by atoms with Gasteiger partial charge in [0, 0.05) is 19.1 Å². The standard InChI is InChI=1S/C17H30N2O2/c1-3-13-9-10-19(11-13)12-17(14-5-6-14,16(20)21-4-2)18-15-7-8-15/h13-15,18H,3-12H2,1-2H3. The molecule has 3 rings (SSSR count). The number of carbonyl (C=O) groups is 1. The molecule has 1 N–H and O–H groups in total. The first kappa shape index (κ1) is 15.3. The van der Waals surface area contributed by atoms with Gasteiger partial charge in [0.2, 0.25) is 0 Å². The molecule has 0 aromatic carbocycles. The van der Waals surface area contributed by atoms with Crippen molar-refractivity contribution in [3.8, 4) is 0 Å². The fourth-order valence-corrected chi connectivity index (χ4v) is 3.75. The van der Waals surface area contributed by atoms with Crippen molar-refractivity contribution in [1.82, 2.24) is 10.2 Å². The van der Waals surface area contributed by atoms with Crippen LogP contribution in [0.15, 0.2) is 0 Å². The van der Waals surface area contributed by atoms with Gasteiger partial charge < -0.3 is 9.64 Å². The molecule has 1 aliphatic heterocycles. The monoisotopic (exact) mass is 294 g/mol. The fraction of sp³-hybridized carbons (Fsp3) is 0.941. The lowest BCUT2D eigenvalue weighted by Gasteiger charge is -2.36. The minimum absolute atomic E-state index is 0.000603. The van der Waals surface area contributed by atoms with E-state index in [0.717, 1.165) is 25.6 Å². The molecule has 0 amide bonds. The van der Waals surface area contributed by atoms with Gasteiger partial charge >= 0.3 is 5.97 Å². The van der Waals surface area contributed by atoms with Crippen LogP contribution in [0.1, 0.15) is 52.4 Å². The minimum atomic E-state index is -0.431. The lowest BCUT2D eigenvalue weighted by atomic mass is 9.91. The fourth-order valence-electron chi connectivity index (χ4n) is 3.75. The van der Waals surface area contributed by atoms with Gasteiger partial charge in [0.1, 0.15) is 5.54 Å². The lowest BCUT2D eigenvalue weighted by Crippen LogP contribution is -2.61. The summed E-state index contributed by atoms with van der Waals surface area (Å²) >= 11 is 0. The number of esters is 1. The zero-order chi connectivity index (χ0) is 14.9. The van der Waals surface area contributed by atoms with Gasteiger partial charge in [-0.1, -0.05) is 13.3 Å². The molecule has 0 aromatic heterocycles. The molecular weight excluding hydrogens is 264 g/mol. The third-order valence-corrected chi connectivity index (χ3v) is 5.37. The van der Waals surface area contributed by atoms with Crippen molar-refractivity contribution in [3.63, 3.8) is 0 Å². The SMILES string of the molecule is CCOC(=O)C(CN1CCC(CC)C1)(NC1CC1)C1CC1. The zero-order valence-electron chi connectivity index (χ0n) is 13.6. The lowest BCUT2D eigenvalue weighted by molar-refractivity contribution is -0.153. The third kappa shape index (κ3) is 3.42. The maximum Gasteiger partial charge on any atom is 0.327 e. The second-order valence-corrected chi connectivity index (χ2v) is 7.18. The molecule has 0 radical (unpaired) electrons. The molecule has 3 aliphatic rings. The van der Waals surface area contributed by atoms with Crippen LogP contribution in [0, 0.1) is 11.8 Å². The van der Waals surface area contributed by atoms with Gasteiger partial charge in [-0.15, -0.1) is 0 Å². The van der Waals surface area contributed by atoms with Gasteiger partial charge in [-0.05, 0) is 57.4 Å². The average molecular weight is 294 g/mol. The number of hydrogen-bond donors (Lipinski definition) is 1. The highest BCUT2D eigenvalue weighted by atomic mass is 16.5. The smallest absolute Gasteiger partial charge is 0.327 e. The highest BCUT2D eigenvalue weighted by molar-refractivity contribution is 5.82. The Morgan fingerprint density at radius 3 is 2.52 bits per heavy atom. The summed E-state index contributed by atoms with van der Waals surface area (Å²) in [5, 5.41) is 3.69. The Morgan fingerprint density at radius 2 is 2.00 bits per heavy atom. The summed E-state index contributed by atoms with van der Waals surface area (Å²) in [4.78, 5) is 15.2. The van der Waals surface area contributed by atoms with Crippen LogP contribution in [-0.4, -0.2) is 48.7 Å². The number of rotatable bonds is 8. The molecule has 1 saturated heterocycles. The number of hydrogen-bond acceptors (Lipinski definition) is 4. The Kier molecular flexibility index (Phi) is 4.55. The van der Waals surface area contributed by atoms with Gasteiger partial charge in [-0.3, -0.25) is 5.32 Å². The van der Waals surface area contributed by atoms with E-state index in [2.05, 4.69) is 17.1 Å². The van der Waals surface area contributed by atoms with E-state index < -0.39 is 5.54 Å². The first-order valence-corrected chi connectivity index (χ1v) is 8.85. The Balaban J connectivity index is 1.72. The summed E-state index contributed by atoms with van der Waals surface area (Å²) in [6.45, 7) is 7.81. The van der Waals surface area contributed by atoms with Crippen LogP contribution >= 0.6 is 0 Å². The van der Waals surface area contributed by atoms with Gasteiger partial charge in [0.05, 0.1) is 6.61 Å². The molecule has 2 unspecified atom stereocenters. The van der Waals surface area contributed by atoms with Gasteiger partial charge in [0.25, 0.3) is 0 Å². The van der Waals surface area contributed by atoms with E-state index in [1.807, 2.05) is 6.92 Å². The highest BCUT2D eigenvalue weighted by Crippen LogP contribution is 2.43. The quantitative estimate of drug-likeness (QED) is 0.697. The van der Waals surface area contributed by atoms with E-state index in [4.69, 9.17) is 4.74 Å². The van der Waals surface area contributed by atoms with Crippen LogP contribution in [0.5, 0.6) is 0 Å². The van der Waals surface area contributed by atoms with Crippen LogP contribution in [0.4, 0.5) is 0 Å². The molecule has 0 aromatic rings. The number of nitrogens with zero attached hydrogens (tertiary/aromatic N) is 1. The van der Waals surface area contributed by atoms with Crippen molar-refractivity contribution in [2.75, 3.05) is 26.2 Å². The van der Waals surface area contributed by atoms with Gasteiger partial charge in [-0.25, -0.2) is 4.79 Å². The predicted octanol–water partition coefficient (Wildman–Crippen LogP) is 2.18. The van der Waals surface area contributed by atoms with Crippen molar-refractivity contribution >= 4 is 5.97 Å². The highest BCUT2D eigenvalue weighted by Gasteiger charge is 2.55. The summed E-state index contributed by atoms with van der Waals surface area (Å²) < 4.78 is 5.47. The Morgan fingerprint density at radius 1 is 1.24 bits per heavy atom. The maximum absolute atomic E-state index is 12.7. The van der Waals surface area contributed by atoms with Crippen LogP contribution in [0.25, 0.3) is 0 Å². The zero-order valence-corrected chi connectivity index (χ0v) is 13.6. The van der Waals surface area contributed by atoms with Crippen molar-refractivity contribution < 1.29 is 9.53 Å². The topological polar surface area (TPSA) is 41.6 Å². The molecule has 2 aliphatic carbocycles. The molecule has 120 valence electrons. The number of ether oxygens (including phenoxy) is 1. The van der Waals surface area contributed by atoms with Crippen molar-refractivity contribution in [3.05, 3.63) is 0 Å². The molecule has 1 heterocycles. The molecule has 4 heteroatoms. The molecule has 2 atom stereocenters. The van der Waals surface area contributed by atoms with E-state index in [1.165, 1.54) is 38.5 Å². The molecule has 3 fully saturated rings. The first-order chi connectivity index (χ1) is 10.2. The molecule has 0 bridgehead atoms. The van der Waals surface area contributed by atoms with Crippen molar-refractivity contribution in [1.29, 1.82) is 0 Å².